The summed E-state index contributed by atoms with van der Waals surface area (Å²) in [5, 5.41) is 3.58. The van der Waals surface area contributed by atoms with E-state index in [0.29, 0.717) is 12.1 Å². The van der Waals surface area contributed by atoms with Gasteiger partial charge in [0.25, 0.3) is 5.91 Å². The van der Waals surface area contributed by atoms with Crippen LogP contribution in [0.15, 0.2) is 24.8 Å². The van der Waals surface area contributed by atoms with Crippen LogP contribution in [0.25, 0.3) is 11.0 Å². The molecule has 3 aromatic rings. The van der Waals surface area contributed by atoms with Crippen molar-refractivity contribution >= 4 is 32.6 Å². The van der Waals surface area contributed by atoms with Crippen molar-refractivity contribution in [3.05, 3.63) is 36.3 Å². The second kappa shape index (κ2) is 7.47. The summed E-state index contributed by atoms with van der Waals surface area (Å²) in [6.45, 7) is 0.820. The highest BCUT2D eigenvalue weighted by molar-refractivity contribution is 7.90. The van der Waals surface area contributed by atoms with Gasteiger partial charge in [0, 0.05) is 51.2 Å². The van der Waals surface area contributed by atoms with Crippen molar-refractivity contribution in [2.75, 3.05) is 30.5 Å². The average Bonchev–Trinajstić information content (AvgIpc) is 3.32. The van der Waals surface area contributed by atoms with Gasteiger partial charge >= 0.3 is 0 Å². The molecule has 10 nitrogen and oxygen atoms in total. The summed E-state index contributed by atoms with van der Waals surface area (Å²) in [5.74, 6) is 1.25. The number of imidazole rings is 1. The van der Waals surface area contributed by atoms with Crippen LogP contribution in [-0.2, 0) is 22.8 Å². The highest BCUT2D eigenvalue weighted by Crippen LogP contribution is 2.27. The van der Waals surface area contributed by atoms with E-state index in [1.54, 1.807) is 12.5 Å². The summed E-state index contributed by atoms with van der Waals surface area (Å²) in [7, 11) is -1.11. The van der Waals surface area contributed by atoms with Crippen LogP contribution in [0.4, 0.5) is 5.82 Å². The lowest BCUT2D eigenvalue weighted by Crippen LogP contribution is -2.38. The molecule has 1 aliphatic heterocycles. The van der Waals surface area contributed by atoms with Crippen LogP contribution >= 0.6 is 0 Å². The van der Waals surface area contributed by atoms with E-state index in [9.17, 15) is 13.2 Å². The van der Waals surface area contributed by atoms with Crippen molar-refractivity contribution in [1.29, 1.82) is 0 Å². The van der Waals surface area contributed by atoms with Gasteiger partial charge < -0.3 is 19.8 Å². The molecule has 0 saturated carbocycles. The SMILES string of the molecule is CN(c1ncnc2[nH]ccc12)C1CCn2cc(C(=O)NCCS(C)(=O)=O)nc2C1. The van der Waals surface area contributed by atoms with Gasteiger partial charge in [-0.15, -0.1) is 0 Å². The lowest BCUT2D eigenvalue weighted by Gasteiger charge is -2.32. The molecule has 0 saturated heterocycles. The molecule has 154 valence electrons. The molecule has 11 heteroatoms. The molecule has 0 fully saturated rings. The molecule has 0 bridgehead atoms. The van der Waals surface area contributed by atoms with Crippen LogP contribution in [0, 0.1) is 0 Å². The predicted octanol–water partition coefficient (Wildman–Crippen LogP) is 0.380. The van der Waals surface area contributed by atoms with Gasteiger partial charge in [0.1, 0.15) is 39.1 Å². The number of carbonyl (C=O) groups excluding carboxylic acids is 1. The number of amides is 1. The zero-order chi connectivity index (χ0) is 20.6. The van der Waals surface area contributed by atoms with Crippen molar-refractivity contribution in [3.63, 3.8) is 0 Å². The largest absolute Gasteiger partial charge is 0.356 e. The fourth-order valence-electron chi connectivity index (χ4n) is 3.60. The quantitative estimate of drug-likeness (QED) is 0.594. The third-order valence-corrected chi connectivity index (χ3v) is 6.13. The molecular weight excluding hydrogens is 394 g/mol. The molecule has 0 radical (unpaired) electrons. The van der Waals surface area contributed by atoms with Crippen molar-refractivity contribution in [2.24, 2.45) is 0 Å². The Morgan fingerprint density at radius 2 is 2.24 bits per heavy atom. The third-order valence-electron chi connectivity index (χ3n) is 5.19. The molecule has 29 heavy (non-hydrogen) atoms. The Bertz CT molecular complexity index is 1150. The van der Waals surface area contributed by atoms with Crippen LogP contribution in [0.5, 0.6) is 0 Å². The molecule has 1 amide bonds. The van der Waals surface area contributed by atoms with Crippen LogP contribution < -0.4 is 10.2 Å². The number of sulfone groups is 1. The lowest BCUT2D eigenvalue weighted by atomic mass is 10.0. The Kier molecular flexibility index (Phi) is 4.99. The standard InChI is InChI=1S/C18H23N7O3S/c1-24(17-13-3-5-19-16(13)21-11-22-17)12-4-7-25-10-14(23-15(25)9-12)18(26)20-6-8-29(2,27)28/h3,5,10-12H,4,6-9H2,1-2H3,(H,20,26)(H,19,21,22). The summed E-state index contributed by atoms with van der Waals surface area (Å²) in [6.07, 6.45) is 7.85. The molecule has 1 aliphatic rings. The van der Waals surface area contributed by atoms with Crippen molar-refractivity contribution < 1.29 is 13.2 Å². The van der Waals surface area contributed by atoms with E-state index in [-0.39, 0.29) is 24.2 Å². The Morgan fingerprint density at radius 1 is 1.41 bits per heavy atom. The molecule has 3 aromatic heterocycles. The number of rotatable bonds is 6. The summed E-state index contributed by atoms with van der Waals surface area (Å²) in [6, 6.07) is 2.16. The minimum atomic E-state index is -3.12. The number of aromatic amines is 1. The van der Waals surface area contributed by atoms with Crippen molar-refractivity contribution in [2.45, 2.75) is 25.4 Å². The van der Waals surface area contributed by atoms with Gasteiger partial charge in [0.05, 0.1) is 11.1 Å². The number of nitrogens with zero attached hydrogens (tertiary/aromatic N) is 5. The maximum Gasteiger partial charge on any atom is 0.271 e. The number of aryl methyl sites for hydroxylation is 1. The minimum absolute atomic E-state index is 0.0750. The van der Waals surface area contributed by atoms with E-state index < -0.39 is 9.84 Å². The van der Waals surface area contributed by atoms with E-state index >= 15 is 0 Å². The fraction of sp³-hybridized carbons (Fsp3) is 0.444. The van der Waals surface area contributed by atoms with Crippen LogP contribution in [0.2, 0.25) is 0 Å². The minimum Gasteiger partial charge on any atom is -0.356 e. The summed E-state index contributed by atoms with van der Waals surface area (Å²) in [4.78, 5) is 30.7. The van der Waals surface area contributed by atoms with Crippen molar-refractivity contribution in [3.8, 4) is 0 Å². The number of hydrogen-bond donors (Lipinski definition) is 2. The number of fused-ring (bicyclic) bond motifs is 2. The number of likely N-dealkylation sites (N-methyl/N-ethyl adjacent to an activating group) is 1. The first-order chi connectivity index (χ1) is 13.8. The van der Waals surface area contributed by atoms with E-state index in [1.807, 2.05) is 23.9 Å². The predicted molar refractivity (Wildman–Crippen MR) is 109 cm³/mol. The maximum atomic E-state index is 12.3. The van der Waals surface area contributed by atoms with Crippen LogP contribution in [-0.4, -0.2) is 70.5 Å². The molecule has 2 N–H and O–H groups in total. The zero-order valence-corrected chi connectivity index (χ0v) is 17.1. The summed E-state index contributed by atoms with van der Waals surface area (Å²) < 4.78 is 24.4. The third kappa shape index (κ3) is 4.09. The number of hydrogen-bond acceptors (Lipinski definition) is 7. The van der Waals surface area contributed by atoms with Gasteiger partial charge in [-0.3, -0.25) is 4.79 Å². The van der Waals surface area contributed by atoms with Crippen LogP contribution in [0.1, 0.15) is 22.7 Å². The first kappa shape index (κ1) is 19.4. The highest BCUT2D eigenvalue weighted by atomic mass is 32.2. The molecule has 1 atom stereocenters. The second-order valence-corrected chi connectivity index (χ2v) is 9.58. The van der Waals surface area contributed by atoms with E-state index in [4.69, 9.17) is 0 Å². The molecule has 4 rings (SSSR count). The molecule has 0 spiro atoms. The Balaban J connectivity index is 1.46. The van der Waals surface area contributed by atoms with Crippen LogP contribution in [0.3, 0.4) is 0 Å². The number of anilines is 1. The smallest absolute Gasteiger partial charge is 0.271 e. The van der Waals surface area contributed by atoms with E-state index in [0.717, 1.165) is 41.9 Å². The normalized spacial score (nSPS) is 16.6. The monoisotopic (exact) mass is 417 g/mol. The van der Waals surface area contributed by atoms with Crippen molar-refractivity contribution in [1.82, 2.24) is 29.8 Å². The fourth-order valence-corrected chi connectivity index (χ4v) is 4.08. The molecule has 1 unspecified atom stereocenters. The number of H-pyrrole nitrogens is 1. The van der Waals surface area contributed by atoms with E-state index in [1.165, 1.54) is 0 Å². The summed E-state index contributed by atoms with van der Waals surface area (Å²) in [5.41, 5.74) is 1.11. The number of nitrogens with one attached hydrogen (secondary N) is 2. The first-order valence-corrected chi connectivity index (χ1v) is 11.4. The lowest BCUT2D eigenvalue weighted by molar-refractivity contribution is 0.0951. The average molecular weight is 417 g/mol. The molecule has 0 aromatic carbocycles. The number of carbonyl (C=O) groups is 1. The zero-order valence-electron chi connectivity index (χ0n) is 16.3. The Hall–Kier alpha value is -2.95. The Labute approximate surface area is 168 Å². The molecular formula is C18H23N7O3S. The second-order valence-electron chi connectivity index (χ2n) is 7.32. The van der Waals surface area contributed by atoms with Gasteiger partial charge in [0.15, 0.2) is 0 Å². The van der Waals surface area contributed by atoms with Gasteiger partial charge in [-0.05, 0) is 12.5 Å². The number of aromatic nitrogens is 5. The maximum absolute atomic E-state index is 12.3. The molecule has 4 heterocycles. The highest BCUT2D eigenvalue weighted by Gasteiger charge is 2.27. The van der Waals surface area contributed by atoms with Gasteiger partial charge in [-0.25, -0.2) is 23.4 Å². The Morgan fingerprint density at radius 3 is 3.03 bits per heavy atom. The first-order valence-electron chi connectivity index (χ1n) is 9.35. The van der Waals surface area contributed by atoms with Gasteiger partial charge in [-0.1, -0.05) is 0 Å². The molecule has 0 aliphatic carbocycles. The van der Waals surface area contributed by atoms with E-state index in [2.05, 4.69) is 30.2 Å². The van der Waals surface area contributed by atoms with Gasteiger partial charge in [0.2, 0.25) is 0 Å². The topological polar surface area (TPSA) is 126 Å². The summed E-state index contributed by atoms with van der Waals surface area (Å²) >= 11 is 0. The van der Waals surface area contributed by atoms with Gasteiger partial charge in [-0.2, -0.15) is 0 Å².